The van der Waals surface area contributed by atoms with Crippen LogP contribution in [0.1, 0.15) is 40.5 Å². The van der Waals surface area contributed by atoms with Crippen LogP contribution in [-0.4, -0.2) is 29.2 Å². The third kappa shape index (κ3) is 1.40. The summed E-state index contributed by atoms with van der Waals surface area (Å²) in [5.41, 5.74) is 0.264. The number of amides is 1. The van der Waals surface area contributed by atoms with Gasteiger partial charge in [-0.2, -0.15) is 0 Å². The summed E-state index contributed by atoms with van der Waals surface area (Å²) in [5, 5.41) is 0. The molecule has 0 N–H and O–H groups in total. The lowest BCUT2D eigenvalue weighted by Gasteiger charge is -2.29. The van der Waals surface area contributed by atoms with Crippen molar-refractivity contribution >= 4 is 11.7 Å². The van der Waals surface area contributed by atoms with Gasteiger partial charge in [0.05, 0.1) is 6.04 Å². The molecule has 0 aromatic heterocycles. The van der Waals surface area contributed by atoms with Crippen molar-refractivity contribution in [3.63, 3.8) is 0 Å². The first-order chi connectivity index (χ1) is 7.45. The predicted molar refractivity (Wildman–Crippen MR) is 61.9 cm³/mol. The summed E-state index contributed by atoms with van der Waals surface area (Å²) in [4.78, 5) is 25.6. The molecule has 2 fully saturated rings. The summed E-state index contributed by atoms with van der Waals surface area (Å²) >= 11 is 0. The van der Waals surface area contributed by atoms with Gasteiger partial charge in [0.15, 0.2) is 5.78 Å². The third-order valence-corrected chi connectivity index (χ3v) is 4.51. The lowest BCUT2D eigenvalue weighted by molar-refractivity contribution is -0.139. The second-order valence-corrected chi connectivity index (χ2v) is 5.62. The molecule has 0 aromatic rings. The highest BCUT2D eigenvalue weighted by Crippen LogP contribution is 2.65. The lowest BCUT2D eigenvalue weighted by atomic mass is 9.97. The van der Waals surface area contributed by atoms with Gasteiger partial charge in [-0.15, -0.1) is 0 Å². The summed E-state index contributed by atoms with van der Waals surface area (Å²) in [5.74, 6) is 1.33. The predicted octanol–water partition coefficient (Wildman–Crippen LogP) is 1.86. The van der Waals surface area contributed by atoms with E-state index in [2.05, 4.69) is 13.8 Å². The van der Waals surface area contributed by atoms with E-state index in [1.54, 1.807) is 0 Å². The molecule has 1 aliphatic carbocycles. The van der Waals surface area contributed by atoms with E-state index in [0.29, 0.717) is 24.7 Å². The molecule has 1 saturated heterocycles. The van der Waals surface area contributed by atoms with Gasteiger partial charge in [0.25, 0.3) is 0 Å². The molecule has 2 rings (SSSR count). The average Bonchev–Trinajstić information content (AvgIpc) is 2.68. The Hall–Kier alpha value is -0.860. The Morgan fingerprint density at radius 1 is 1.25 bits per heavy atom. The van der Waals surface area contributed by atoms with E-state index < -0.39 is 0 Å². The molecule has 0 radical (unpaired) electrons. The number of rotatable bonds is 3. The zero-order valence-electron chi connectivity index (χ0n) is 10.6. The molecular formula is C13H21NO2. The zero-order chi connectivity index (χ0) is 12.1. The molecule has 90 valence electrons. The summed E-state index contributed by atoms with van der Waals surface area (Å²) in [7, 11) is 0. The van der Waals surface area contributed by atoms with Gasteiger partial charge in [0.2, 0.25) is 5.91 Å². The second kappa shape index (κ2) is 3.57. The largest absolute Gasteiger partial charge is 0.332 e. The summed E-state index contributed by atoms with van der Waals surface area (Å²) in [6, 6.07) is -0.127. The van der Waals surface area contributed by atoms with Crippen molar-refractivity contribution in [2.75, 3.05) is 6.54 Å². The molecule has 1 aliphatic heterocycles. The van der Waals surface area contributed by atoms with E-state index >= 15 is 0 Å². The topological polar surface area (TPSA) is 37.4 Å². The fourth-order valence-corrected chi connectivity index (χ4v) is 3.32. The Kier molecular flexibility index (Phi) is 2.59. The Morgan fingerprint density at radius 3 is 2.38 bits per heavy atom. The molecule has 0 aromatic carbocycles. The van der Waals surface area contributed by atoms with Gasteiger partial charge < -0.3 is 4.90 Å². The minimum atomic E-state index is -0.127. The van der Waals surface area contributed by atoms with Crippen LogP contribution in [0.15, 0.2) is 0 Å². The minimum absolute atomic E-state index is 0.127. The van der Waals surface area contributed by atoms with Gasteiger partial charge >= 0.3 is 0 Å². The van der Waals surface area contributed by atoms with Crippen LogP contribution in [0.4, 0.5) is 0 Å². The number of piperidine rings is 1. The fraction of sp³-hybridized carbons (Fsp3) is 0.846. The maximum absolute atomic E-state index is 12.0. The van der Waals surface area contributed by atoms with Crippen LogP contribution in [0.2, 0.25) is 0 Å². The monoisotopic (exact) mass is 223 g/mol. The molecule has 0 bridgehead atoms. The molecule has 0 spiro atoms. The van der Waals surface area contributed by atoms with Crippen molar-refractivity contribution < 1.29 is 9.59 Å². The smallest absolute Gasteiger partial charge is 0.222 e. The number of ketones is 1. The highest BCUT2D eigenvalue weighted by molar-refractivity contribution is 5.90. The highest BCUT2D eigenvalue weighted by atomic mass is 16.2. The molecule has 3 heteroatoms. The highest BCUT2D eigenvalue weighted by Gasteiger charge is 2.68. The molecular weight excluding hydrogens is 202 g/mol. The van der Waals surface area contributed by atoms with Crippen LogP contribution >= 0.6 is 0 Å². The van der Waals surface area contributed by atoms with Crippen LogP contribution < -0.4 is 0 Å². The van der Waals surface area contributed by atoms with Crippen molar-refractivity contribution in [2.45, 2.75) is 46.6 Å². The Balaban J connectivity index is 2.20. The first-order valence-corrected chi connectivity index (χ1v) is 6.27. The normalized spacial score (nSPS) is 34.8. The summed E-state index contributed by atoms with van der Waals surface area (Å²) < 4.78 is 0. The SMILES string of the molecule is CCC(=O)C1C2C(CN1C(=O)CC)C2(C)C. The maximum atomic E-state index is 12.0. The summed E-state index contributed by atoms with van der Waals surface area (Å²) in [6.45, 7) is 8.98. The Labute approximate surface area is 97.2 Å². The second-order valence-electron chi connectivity index (χ2n) is 5.62. The fourth-order valence-electron chi connectivity index (χ4n) is 3.32. The quantitative estimate of drug-likeness (QED) is 0.732. The van der Waals surface area contributed by atoms with Crippen molar-refractivity contribution in [2.24, 2.45) is 17.3 Å². The van der Waals surface area contributed by atoms with Crippen LogP contribution in [0.5, 0.6) is 0 Å². The van der Waals surface area contributed by atoms with Gasteiger partial charge in [-0.1, -0.05) is 27.7 Å². The van der Waals surface area contributed by atoms with E-state index in [9.17, 15) is 9.59 Å². The van der Waals surface area contributed by atoms with Crippen molar-refractivity contribution in [3.05, 3.63) is 0 Å². The van der Waals surface area contributed by atoms with Gasteiger partial charge in [-0.3, -0.25) is 9.59 Å². The van der Waals surface area contributed by atoms with E-state index in [1.165, 1.54) is 0 Å². The lowest BCUT2D eigenvalue weighted by Crippen LogP contribution is -2.44. The minimum Gasteiger partial charge on any atom is -0.332 e. The van der Waals surface area contributed by atoms with Crippen molar-refractivity contribution in [1.82, 2.24) is 4.90 Å². The van der Waals surface area contributed by atoms with Gasteiger partial charge in [-0.05, 0) is 17.3 Å². The Morgan fingerprint density at radius 2 is 1.88 bits per heavy atom. The zero-order valence-corrected chi connectivity index (χ0v) is 10.6. The number of carbonyl (C=O) groups is 2. The third-order valence-electron chi connectivity index (χ3n) is 4.51. The number of fused-ring (bicyclic) bond motifs is 1. The van der Waals surface area contributed by atoms with Gasteiger partial charge in [0.1, 0.15) is 0 Å². The number of carbonyl (C=O) groups excluding carboxylic acids is 2. The molecule has 3 nitrogen and oxygen atoms in total. The van der Waals surface area contributed by atoms with Crippen molar-refractivity contribution in [1.29, 1.82) is 0 Å². The van der Waals surface area contributed by atoms with Crippen LogP contribution in [0.25, 0.3) is 0 Å². The Bertz CT molecular complexity index is 335. The van der Waals surface area contributed by atoms with Gasteiger partial charge in [-0.25, -0.2) is 0 Å². The molecule has 2 aliphatic rings. The van der Waals surface area contributed by atoms with Crippen LogP contribution in [-0.2, 0) is 9.59 Å². The number of hydrogen-bond donors (Lipinski definition) is 0. The van der Waals surface area contributed by atoms with E-state index in [4.69, 9.17) is 0 Å². The molecule has 3 atom stereocenters. The number of nitrogens with zero attached hydrogens (tertiary/aromatic N) is 1. The number of hydrogen-bond acceptors (Lipinski definition) is 2. The van der Waals surface area contributed by atoms with E-state index in [0.717, 1.165) is 6.54 Å². The molecule has 16 heavy (non-hydrogen) atoms. The molecule has 3 unspecified atom stereocenters. The van der Waals surface area contributed by atoms with E-state index in [-0.39, 0.29) is 23.1 Å². The number of Topliss-reactive ketones (excluding diaryl/α,β-unsaturated/α-hetero) is 1. The van der Waals surface area contributed by atoms with Crippen LogP contribution in [0.3, 0.4) is 0 Å². The van der Waals surface area contributed by atoms with E-state index in [1.807, 2.05) is 18.7 Å². The molecule has 1 amide bonds. The van der Waals surface area contributed by atoms with Gasteiger partial charge in [0, 0.05) is 19.4 Å². The summed E-state index contributed by atoms with van der Waals surface area (Å²) in [6.07, 6.45) is 1.05. The first-order valence-electron chi connectivity index (χ1n) is 6.27. The van der Waals surface area contributed by atoms with Crippen molar-refractivity contribution in [3.8, 4) is 0 Å². The maximum Gasteiger partial charge on any atom is 0.222 e. The van der Waals surface area contributed by atoms with Crippen LogP contribution in [0, 0.1) is 17.3 Å². The standard InChI is InChI=1S/C13H21NO2/c1-5-9(15)12-11-8(13(11,3)4)7-14(12)10(16)6-2/h8,11-12H,5-7H2,1-4H3. The average molecular weight is 223 g/mol. The number of likely N-dealkylation sites (tertiary alicyclic amines) is 1. The molecule has 1 saturated carbocycles. The first kappa shape index (κ1) is 11.6. The molecule has 1 heterocycles.